The van der Waals surface area contributed by atoms with E-state index in [1.807, 2.05) is 61.5 Å². The molecule has 3 aromatic carbocycles. The van der Waals surface area contributed by atoms with Gasteiger partial charge in [-0.2, -0.15) is 0 Å². The Morgan fingerprint density at radius 3 is 2.20 bits per heavy atom. The van der Waals surface area contributed by atoms with Crippen LogP contribution in [0.1, 0.15) is 11.3 Å². The van der Waals surface area contributed by atoms with Crippen molar-refractivity contribution in [3.63, 3.8) is 0 Å². The van der Waals surface area contributed by atoms with E-state index in [4.69, 9.17) is 17.0 Å². The van der Waals surface area contributed by atoms with Crippen molar-refractivity contribution in [3.05, 3.63) is 95.7 Å². The highest BCUT2D eigenvalue weighted by molar-refractivity contribution is 7.80. The fourth-order valence-corrected chi connectivity index (χ4v) is 4.49. The van der Waals surface area contributed by atoms with Gasteiger partial charge in [-0.3, -0.25) is 20.2 Å². The molecule has 0 saturated carbocycles. The molecule has 174 valence electrons. The molecular formula is C28H23N3O3S. The summed E-state index contributed by atoms with van der Waals surface area (Å²) in [5.41, 5.74) is 5.10. The molecule has 0 unspecified atom stereocenters. The van der Waals surface area contributed by atoms with E-state index in [0.29, 0.717) is 13.2 Å². The van der Waals surface area contributed by atoms with E-state index in [9.17, 15) is 9.59 Å². The maximum atomic E-state index is 12.4. The standard InChI is InChI=1S/C28H23N3O3S/c1-18-23(17-24-26(32)29-28(35)30-27(24)33)22-9-5-6-10-25(22)31(18)15-16-34-21-13-11-20(12-14-21)19-7-3-2-4-8-19/h2-14,17H,15-16H2,1H3,(H2,29,30,32,33,35). The van der Waals surface area contributed by atoms with E-state index < -0.39 is 11.8 Å². The van der Waals surface area contributed by atoms with Crippen LogP contribution in [-0.4, -0.2) is 28.1 Å². The van der Waals surface area contributed by atoms with Crippen LogP contribution in [0.2, 0.25) is 0 Å². The van der Waals surface area contributed by atoms with Gasteiger partial charge in [0.1, 0.15) is 17.9 Å². The summed E-state index contributed by atoms with van der Waals surface area (Å²) in [7, 11) is 0. The highest BCUT2D eigenvalue weighted by atomic mass is 32.1. The van der Waals surface area contributed by atoms with Crippen molar-refractivity contribution in [3.8, 4) is 16.9 Å². The van der Waals surface area contributed by atoms with Crippen molar-refractivity contribution in [2.45, 2.75) is 13.5 Å². The normalized spacial score (nSPS) is 13.5. The lowest BCUT2D eigenvalue weighted by molar-refractivity contribution is -0.123. The summed E-state index contributed by atoms with van der Waals surface area (Å²) in [6.45, 7) is 3.05. The van der Waals surface area contributed by atoms with E-state index in [-0.39, 0.29) is 10.7 Å². The van der Waals surface area contributed by atoms with E-state index in [1.165, 1.54) is 0 Å². The lowest BCUT2D eigenvalue weighted by Crippen LogP contribution is -2.51. The number of ether oxygens (including phenoxy) is 1. The molecule has 2 amide bonds. The first kappa shape index (κ1) is 22.6. The van der Waals surface area contributed by atoms with Gasteiger partial charge < -0.3 is 9.30 Å². The fraction of sp³-hybridized carbons (Fsp3) is 0.107. The SMILES string of the molecule is Cc1c(C=C2C(=O)NC(=S)NC2=O)c2ccccc2n1CCOc1ccc(-c2ccccc2)cc1. The van der Waals surface area contributed by atoms with Gasteiger partial charge in [-0.05, 0) is 54.5 Å². The van der Waals surface area contributed by atoms with Crippen molar-refractivity contribution in [2.24, 2.45) is 0 Å². The summed E-state index contributed by atoms with van der Waals surface area (Å²) in [5.74, 6) is -0.206. The number of thiocarbonyl (C=S) groups is 1. The molecule has 1 aromatic heterocycles. The largest absolute Gasteiger partial charge is 0.492 e. The van der Waals surface area contributed by atoms with Gasteiger partial charge in [0.05, 0.1) is 6.54 Å². The smallest absolute Gasteiger partial charge is 0.263 e. The Morgan fingerprint density at radius 2 is 1.49 bits per heavy atom. The first-order chi connectivity index (χ1) is 17.0. The number of para-hydroxylation sites is 1. The van der Waals surface area contributed by atoms with E-state index in [1.54, 1.807) is 6.08 Å². The lowest BCUT2D eigenvalue weighted by atomic mass is 10.1. The molecule has 1 saturated heterocycles. The predicted molar refractivity (Wildman–Crippen MR) is 141 cm³/mol. The van der Waals surface area contributed by atoms with Gasteiger partial charge in [0.2, 0.25) is 0 Å². The third kappa shape index (κ3) is 4.58. The molecule has 2 N–H and O–H groups in total. The summed E-state index contributed by atoms with van der Waals surface area (Å²) >= 11 is 4.90. The Labute approximate surface area is 208 Å². The van der Waals surface area contributed by atoms with Gasteiger partial charge >= 0.3 is 0 Å². The Bertz CT molecular complexity index is 1450. The minimum Gasteiger partial charge on any atom is -0.492 e. The second-order valence-corrected chi connectivity index (χ2v) is 8.61. The summed E-state index contributed by atoms with van der Waals surface area (Å²) in [6.07, 6.45) is 1.63. The van der Waals surface area contributed by atoms with Crippen LogP contribution in [0.5, 0.6) is 5.75 Å². The first-order valence-electron chi connectivity index (χ1n) is 11.3. The second kappa shape index (κ2) is 9.56. The van der Waals surface area contributed by atoms with Crippen molar-refractivity contribution in [2.75, 3.05) is 6.61 Å². The molecule has 0 spiro atoms. The Morgan fingerprint density at radius 1 is 0.857 bits per heavy atom. The van der Waals surface area contributed by atoms with Crippen LogP contribution < -0.4 is 15.4 Å². The number of carbonyl (C=O) groups is 2. The monoisotopic (exact) mass is 481 g/mol. The number of nitrogens with one attached hydrogen (secondary N) is 2. The quantitative estimate of drug-likeness (QED) is 0.240. The molecule has 4 aromatic rings. The van der Waals surface area contributed by atoms with Crippen LogP contribution in [0.25, 0.3) is 28.1 Å². The summed E-state index contributed by atoms with van der Waals surface area (Å²) in [6, 6.07) is 26.2. The zero-order valence-corrected chi connectivity index (χ0v) is 19.9. The molecular weight excluding hydrogens is 458 g/mol. The molecule has 0 bridgehead atoms. The molecule has 1 aliphatic heterocycles. The highest BCUT2D eigenvalue weighted by Gasteiger charge is 2.26. The molecule has 6 nitrogen and oxygen atoms in total. The van der Waals surface area contributed by atoms with Crippen LogP contribution in [0, 0.1) is 6.92 Å². The topological polar surface area (TPSA) is 72.4 Å². The minimum atomic E-state index is -0.503. The Balaban J connectivity index is 1.36. The van der Waals surface area contributed by atoms with Gasteiger partial charge in [-0.25, -0.2) is 0 Å². The van der Waals surface area contributed by atoms with Gasteiger partial charge in [-0.15, -0.1) is 0 Å². The molecule has 0 radical (unpaired) electrons. The molecule has 5 rings (SSSR count). The molecule has 7 heteroatoms. The Kier molecular flexibility index (Phi) is 6.16. The van der Waals surface area contributed by atoms with Crippen molar-refractivity contribution < 1.29 is 14.3 Å². The third-order valence-corrected chi connectivity index (χ3v) is 6.26. The highest BCUT2D eigenvalue weighted by Crippen LogP contribution is 2.29. The number of benzene rings is 3. The number of fused-ring (bicyclic) bond motifs is 1. The predicted octanol–water partition coefficient (Wildman–Crippen LogP) is 4.61. The van der Waals surface area contributed by atoms with E-state index in [2.05, 4.69) is 39.5 Å². The number of carbonyl (C=O) groups excluding carboxylic acids is 2. The first-order valence-corrected chi connectivity index (χ1v) is 11.7. The number of hydrogen-bond donors (Lipinski definition) is 2. The molecule has 1 aliphatic rings. The van der Waals surface area contributed by atoms with Crippen LogP contribution in [0.15, 0.2) is 84.4 Å². The Hall–Kier alpha value is -4.23. The van der Waals surface area contributed by atoms with Crippen molar-refractivity contribution in [1.29, 1.82) is 0 Å². The minimum absolute atomic E-state index is 0.0188. The number of rotatable bonds is 6. The van der Waals surface area contributed by atoms with Gasteiger partial charge in [0.15, 0.2) is 5.11 Å². The summed E-state index contributed by atoms with van der Waals surface area (Å²) in [4.78, 5) is 24.7. The van der Waals surface area contributed by atoms with E-state index in [0.717, 1.165) is 39.0 Å². The number of nitrogens with zero attached hydrogens (tertiary/aromatic N) is 1. The average molecular weight is 482 g/mol. The number of aromatic nitrogens is 1. The van der Waals surface area contributed by atoms with Crippen LogP contribution >= 0.6 is 12.2 Å². The van der Waals surface area contributed by atoms with E-state index >= 15 is 0 Å². The van der Waals surface area contributed by atoms with Crippen LogP contribution in [0.4, 0.5) is 0 Å². The zero-order chi connectivity index (χ0) is 24.4. The van der Waals surface area contributed by atoms with Gasteiger partial charge in [0.25, 0.3) is 11.8 Å². The van der Waals surface area contributed by atoms with Crippen molar-refractivity contribution >= 4 is 46.1 Å². The molecule has 35 heavy (non-hydrogen) atoms. The van der Waals surface area contributed by atoms with Gasteiger partial charge in [-0.1, -0.05) is 60.7 Å². The maximum absolute atomic E-state index is 12.4. The summed E-state index contributed by atoms with van der Waals surface area (Å²) in [5, 5.41) is 5.95. The zero-order valence-electron chi connectivity index (χ0n) is 19.1. The third-order valence-electron chi connectivity index (χ3n) is 6.06. The number of hydrogen-bond acceptors (Lipinski definition) is 4. The fourth-order valence-electron chi connectivity index (χ4n) is 4.31. The molecule has 0 aliphatic carbocycles. The average Bonchev–Trinajstić information content (AvgIpc) is 3.13. The summed E-state index contributed by atoms with van der Waals surface area (Å²) < 4.78 is 8.17. The molecule has 0 atom stereocenters. The van der Waals surface area contributed by atoms with Crippen LogP contribution in [-0.2, 0) is 16.1 Å². The number of amides is 2. The van der Waals surface area contributed by atoms with Gasteiger partial charge in [0, 0.05) is 22.2 Å². The molecule has 2 heterocycles. The maximum Gasteiger partial charge on any atom is 0.263 e. The van der Waals surface area contributed by atoms with Crippen molar-refractivity contribution in [1.82, 2.24) is 15.2 Å². The second-order valence-electron chi connectivity index (χ2n) is 8.20. The molecule has 1 fully saturated rings. The van der Waals surface area contributed by atoms with Crippen LogP contribution in [0.3, 0.4) is 0 Å². The lowest BCUT2D eigenvalue weighted by Gasteiger charge is -2.16.